The van der Waals surface area contributed by atoms with Crippen molar-refractivity contribution in [1.82, 2.24) is 0 Å². The third kappa shape index (κ3) is 2.97. The lowest BCUT2D eigenvalue weighted by Crippen LogP contribution is -2.14. The van der Waals surface area contributed by atoms with E-state index in [4.69, 9.17) is 16.7 Å². The van der Waals surface area contributed by atoms with Crippen LogP contribution in [0.4, 0.5) is 10.1 Å². The number of phenolic OH excluding ortho intramolecular Hbond substituents is 1. The van der Waals surface area contributed by atoms with E-state index >= 15 is 0 Å². The van der Waals surface area contributed by atoms with Gasteiger partial charge < -0.3 is 5.11 Å². The minimum atomic E-state index is -3.96. The van der Waals surface area contributed by atoms with Crippen LogP contribution in [0, 0.1) is 5.82 Å². The van der Waals surface area contributed by atoms with Crippen LogP contribution in [0.15, 0.2) is 47.4 Å². The zero-order valence-corrected chi connectivity index (χ0v) is 11.0. The summed E-state index contributed by atoms with van der Waals surface area (Å²) >= 11 is 5.74. The number of rotatable bonds is 3. The number of benzene rings is 2. The fraction of sp³-hybridized carbons (Fsp3) is 0. The summed E-state index contributed by atoms with van der Waals surface area (Å²) in [5, 5.41) is 9.06. The van der Waals surface area contributed by atoms with Gasteiger partial charge in [0.25, 0.3) is 10.0 Å². The van der Waals surface area contributed by atoms with E-state index in [2.05, 4.69) is 4.72 Å². The van der Waals surface area contributed by atoms with Crippen LogP contribution in [-0.4, -0.2) is 13.5 Å². The van der Waals surface area contributed by atoms with Crippen LogP contribution in [0.3, 0.4) is 0 Å². The molecule has 4 nitrogen and oxygen atoms in total. The van der Waals surface area contributed by atoms with Gasteiger partial charge in [0.15, 0.2) is 0 Å². The van der Waals surface area contributed by atoms with Crippen molar-refractivity contribution in [1.29, 1.82) is 0 Å². The number of halogens is 2. The standard InChI is InChI=1S/C12H9ClFNO3S/c13-10-2-1-3-11(14)12(10)15-19(17,18)9-6-4-8(16)5-7-9/h1-7,15-16H. The van der Waals surface area contributed by atoms with Crippen molar-refractivity contribution >= 4 is 27.3 Å². The molecule has 0 aliphatic carbocycles. The highest BCUT2D eigenvalue weighted by Crippen LogP contribution is 2.27. The Morgan fingerprint density at radius 1 is 1.11 bits per heavy atom. The first-order valence-corrected chi connectivity index (χ1v) is 7.02. The molecular formula is C12H9ClFNO3S. The molecule has 2 aromatic carbocycles. The molecule has 19 heavy (non-hydrogen) atoms. The van der Waals surface area contributed by atoms with Gasteiger partial charge in [-0.2, -0.15) is 0 Å². The molecule has 0 aliphatic heterocycles. The average molecular weight is 302 g/mol. The van der Waals surface area contributed by atoms with Crippen LogP contribution in [-0.2, 0) is 10.0 Å². The molecule has 7 heteroatoms. The van der Waals surface area contributed by atoms with Crippen LogP contribution in [0.25, 0.3) is 0 Å². The Kier molecular flexibility index (Phi) is 3.64. The van der Waals surface area contributed by atoms with Gasteiger partial charge in [0.2, 0.25) is 0 Å². The number of sulfonamides is 1. The first kappa shape index (κ1) is 13.6. The van der Waals surface area contributed by atoms with Crippen LogP contribution >= 0.6 is 11.6 Å². The fourth-order valence-electron chi connectivity index (χ4n) is 1.41. The van der Waals surface area contributed by atoms with Crippen molar-refractivity contribution in [2.24, 2.45) is 0 Å². The van der Waals surface area contributed by atoms with Crippen LogP contribution in [0.2, 0.25) is 5.02 Å². The Balaban J connectivity index is 2.39. The molecule has 0 spiro atoms. The molecule has 0 heterocycles. The van der Waals surface area contributed by atoms with Crippen molar-refractivity contribution in [2.75, 3.05) is 4.72 Å². The number of nitrogens with one attached hydrogen (secondary N) is 1. The SMILES string of the molecule is O=S(=O)(Nc1c(F)cccc1Cl)c1ccc(O)cc1. The maximum Gasteiger partial charge on any atom is 0.262 e. The molecule has 2 aromatic rings. The van der Waals surface area contributed by atoms with Crippen molar-refractivity contribution < 1.29 is 17.9 Å². The Morgan fingerprint density at radius 2 is 1.74 bits per heavy atom. The lowest BCUT2D eigenvalue weighted by molar-refractivity contribution is 0.475. The predicted molar refractivity (Wildman–Crippen MR) is 70.3 cm³/mol. The van der Waals surface area contributed by atoms with E-state index in [1.807, 2.05) is 0 Å². The predicted octanol–water partition coefficient (Wildman–Crippen LogP) is 2.99. The molecule has 0 bridgehead atoms. The molecule has 0 saturated heterocycles. The zero-order valence-electron chi connectivity index (χ0n) is 9.47. The highest BCUT2D eigenvalue weighted by Gasteiger charge is 2.18. The van der Waals surface area contributed by atoms with E-state index < -0.39 is 15.8 Å². The molecule has 0 aliphatic rings. The van der Waals surface area contributed by atoms with Gasteiger partial charge in [0.05, 0.1) is 9.92 Å². The summed E-state index contributed by atoms with van der Waals surface area (Å²) in [6, 6.07) is 8.68. The molecule has 0 radical (unpaired) electrons. The van der Waals surface area contributed by atoms with Crippen molar-refractivity contribution in [2.45, 2.75) is 4.90 Å². The van der Waals surface area contributed by atoms with E-state index in [1.54, 1.807) is 0 Å². The second kappa shape index (κ2) is 5.07. The lowest BCUT2D eigenvalue weighted by atomic mass is 10.3. The summed E-state index contributed by atoms with van der Waals surface area (Å²) in [4.78, 5) is -0.107. The van der Waals surface area contributed by atoms with Gasteiger partial charge in [0.1, 0.15) is 17.3 Å². The monoisotopic (exact) mass is 301 g/mol. The summed E-state index contributed by atoms with van der Waals surface area (Å²) in [5.41, 5.74) is -0.308. The Hall–Kier alpha value is -1.79. The van der Waals surface area contributed by atoms with Crippen LogP contribution < -0.4 is 4.72 Å². The third-order valence-corrected chi connectivity index (χ3v) is 4.03. The summed E-state index contributed by atoms with van der Waals surface area (Å²) < 4.78 is 39.6. The van der Waals surface area contributed by atoms with Crippen LogP contribution in [0.1, 0.15) is 0 Å². The normalized spacial score (nSPS) is 11.3. The van der Waals surface area contributed by atoms with Crippen molar-refractivity contribution in [3.8, 4) is 5.75 Å². The molecule has 0 fully saturated rings. The van der Waals surface area contributed by atoms with E-state index in [0.29, 0.717) is 0 Å². The summed E-state index contributed by atoms with van der Waals surface area (Å²) in [6.07, 6.45) is 0. The second-order valence-corrected chi connectivity index (χ2v) is 5.79. The number of hydrogen-bond donors (Lipinski definition) is 2. The van der Waals surface area contributed by atoms with E-state index in [0.717, 1.165) is 6.07 Å². The topological polar surface area (TPSA) is 66.4 Å². The van der Waals surface area contributed by atoms with Gasteiger partial charge in [-0.25, -0.2) is 12.8 Å². The van der Waals surface area contributed by atoms with Gasteiger partial charge >= 0.3 is 0 Å². The first-order chi connectivity index (χ1) is 8.90. The summed E-state index contributed by atoms with van der Waals surface area (Å²) in [5.74, 6) is -0.835. The minimum absolute atomic E-state index is 0.0395. The maximum atomic E-state index is 13.5. The largest absolute Gasteiger partial charge is 0.508 e. The number of anilines is 1. The third-order valence-electron chi connectivity index (χ3n) is 2.35. The Labute approximate surface area is 114 Å². The van der Waals surface area contributed by atoms with Crippen molar-refractivity contribution in [3.05, 3.63) is 53.3 Å². The van der Waals surface area contributed by atoms with Gasteiger partial charge in [-0.1, -0.05) is 17.7 Å². The Bertz CT molecular complexity index is 681. The smallest absolute Gasteiger partial charge is 0.262 e. The molecule has 2 rings (SSSR count). The van der Waals surface area contributed by atoms with Gasteiger partial charge in [-0.15, -0.1) is 0 Å². The highest BCUT2D eigenvalue weighted by molar-refractivity contribution is 7.92. The number of phenols is 1. The Morgan fingerprint density at radius 3 is 2.32 bits per heavy atom. The fourth-order valence-corrected chi connectivity index (χ4v) is 2.77. The molecule has 0 saturated carbocycles. The molecule has 100 valence electrons. The van der Waals surface area contributed by atoms with E-state index in [-0.39, 0.29) is 21.4 Å². The molecular weight excluding hydrogens is 293 g/mol. The quantitative estimate of drug-likeness (QED) is 0.916. The first-order valence-electron chi connectivity index (χ1n) is 5.16. The van der Waals surface area contributed by atoms with Gasteiger partial charge in [-0.05, 0) is 36.4 Å². The maximum absolute atomic E-state index is 13.5. The number of hydrogen-bond acceptors (Lipinski definition) is 3. The van der Waals surface area contributed by atoms with E-state index in [1.165, 1.54) is 36.4 Å². The average Bonchev–Trinajstić information content (AvgIpc) is 2.35. The number of aromatic hydroxyl groups is 1. The van der Waals surface area contributed by atoms with Gasteiger partial charge in [-0.3, -0.25) is 4.72 Å². The highest BCUT2D eigenvalue weighted by atomic mass is 35.5. The molecule has 0 unspecified atom stereocenters. The van der Waals surface area contributed by atoms with Crippen LogP contribution in [0.5, 0.6) is 5.75 Å². The summed E-state index contributed by atoms with van der Waals surface area (Å²) in [6.45, 7) is 0. The second-order valence-electron chi connectivity index (χ2n) is 3.70. The van der Waals surface area contributed by atoms with E-state index in [9.17, 15) is 12.8 Å². The molecule has 2 N–H and O–H groups in total. The lowest BCUT2D eigenvalue weighted by Gasteiger charge is -2.10. The number of para-hydroxylation sites is 1. The molecule has 0 aromatic heterocycles. The van der Waals surface area contributed by atoms with Gasteiger partial charge in [0, 0.05) is 0 Å². The zero-order chi connectivity index (χ0) is 14.0. The minimum Gasteiger partial charge on any atom is -0.508 e. The van der Waals surface area contributed by atoms with Crippen molar-refractivity contribution in [3.63, 3.8) is 0 Å². The summed E-state index contributed by atoms with van der Waals surface area (Å²) in [7, 11) is -3.96. The molecule has 0 amide bonds. The molecule has 0 atom stereocenters.